The monoisotopic (exact) mass is 236 g/mol. The van der Waals surface area contributed by atoms with Crippen molar-refractivity contribution in [3.63, 3.8) is 0 Å². The fourth-order valence-electron chi connectivity index (χ4n) is 1.19. The van der Waals surface area contributed by atoms with Crippen molar-refractivity contribution >= 4 is 23.0 Å². The van der Waals surface area contributed by atoms with E-state index in [4.69, 9.17) is 5.73 Å². The third-order valence-corrected chi connectivity index (χ3v) is 1.96. The van der Waals surface area contributed by atoms with Gasteiger partial charge in [0.2, 0.25) is 5.82 Å². The number of aromatic amines is 1. The standard InChI is InChI=1S/C8H8N6OS/c9-8(16)10-5-3-4(1-2-6(5)15)7-11-13-14-12-7/h1-3,15H,(H3,9,10,16)(H,11,12,13,14). The SMILES string of the molecule is NC(=S)Nc1cc(-c2nn[nH]n2)ccc1O. The van der Waals surface area contributed by atoms with Gasteiger partial charge in [0.15, 0.2) is 5.11 Å². The first-order chi connectivity index (χ1) is 7.66. The highest BCUT2D eigenvalue weighted by atomic mass is 32.1. The zero-order valence-corrected chi connectivity index (χ0v) is 8.82. The summed E-state index contributed by atoms with van der Waals surface area (Å²) in [6, 6.07) is 4.77. The van der Waals surface area contributed by atoms with Crippen molar-refractivity contribution in [3.05, 3.63) is 18.2 Å². The molecule has 2 aromatic rings. The van der Waals surface area contributed by atoms with E-state index < -0.39 is 0 Å². The van der Waals surface area contributed by atoms with Crippen molar-refractivity contribution in [3.8, 4) is 17.1 Å². The molecule has 7 nitrogen and oxygen atoms in total. The van der Waals surface area contributed by atoms with E-state index in [9.17, 15) is 5.11 Å². The molecular formula is C8H8N6OS. The van der Waals surface area contributed by atoms with Crippen LogP contribution in [0.1, 0.15) is 0 Å². The molecule has 0 radical (unpaired) electrons. The smallest absolute Gasteiger partial charge is 0.204 e. The van der Waals surface area contributed by atoms with Gasteiger partial charge in [0, 0.05) is 5.56 Å². The molecule has 0 spiro atoms. The van der Waals surface area contributed by atoms with Crippen LogP contribution >= 0.6 is 12.2 Å². The number of rotatable bonds is 2. The average molecular weight is 236 g/mol. The Bertz CT molecular complexity index is 511. The van der Waals surface area contributed by atoms with Crippen LogP contribution in [0.2, 0.25) is 0 Å². The highest BCUT2D eigenvalue weighted by Gasteiger charge is 2.07. The summed E-state index contributed by atoms with van der Waals surface area (Å²) in [7, 11) is 0. The van der Waals surface area contributed by atoms with E-state index in [1.807, 2.05) is 0 Å². The van der Waals surface area contributed by atoms with Crippen LogP contribution in [-0.2, 0) is 0 Å². The van der Waals surface area contributed by atoms with Crippen molar-refractivity contribution in [2.24, 2.45) is 5.73 Å². The number of nitrogens with zero attached hydrogens (tertiary/aromatic N) is 3. The van der Waals surface area contributed by atoms with Gasteiger partial charge in [-0.2, -0.15) is 5.21 Å². The number of hydrogen-bond acceptors (Lipinski definition) is 5. The van der Waals surface area contributed by atoms with E-state index in [1.54, 1.807) is 12.1 Å². The Morgan fingerprint density at radius 1 is 1.50 bits per heavy atom. The molecule has 0 bridgehead atoms. The number of aromatic hydroxyl groups is 1. The second-order valence-electron chi connectivity index (χ2n) is 2.96. The number of aromatic nitrogens is 4. The lowest BCUT2D eigenvalue weighted by Gasteiger charge is -2.07. The van der Waals surface area contributed by atoms with E-state index in [1.165, 1.54) is 6.07 Å². The summed E-state index contributed by atoms with van der Waals surface area (Å²) in [5, 5.41) is 25.7. The molecular weight excluding hydrogens is 228 g/mol. The molecule has 0 saturated carbocycles. The fourth-order valence-corrected chi connectivity index (χ4v) is 1.30. The van der Waals surface area contributed by atoms with Gasteiger partial charge in [-0.15, -0.1) is 10.2 Å². The van der Waals surface area contributed by atoms with Crippen molar-refractivity contribution in [2.45, 2.75) is 0 Å². The van der Waals surface area contributed by atoms with Gasteiger partial charge in [0.1, 0.15) is 5.75 Å². The first-order valence-corrected chi connectivity index (χ1v) is 4.71. The molecule has 0 aliphatic carbocycles. The summed E-state index contributed by atoms with van der Waals surface area (Å²) >= 11 is 4.69. The minimum absolute atomic E-state index is 0.0417. The maximum absolute atomic E-state index is 9.54. The first-order valence-electron chi connectivity index (χ1n) is 4.30. The molecule has 0 aliphatic rings. The van der Waals surface area contributed by atoms with Crippen molar-refractivity contribution in [1.82, 2.24) is 20.6 Å². The maximum Gasteiger partial charge on any atom is 0.204 e. The number of hydrogen-bond donors (Lipinski definition) is 4. The number of benzene rings is 1. The minimum atomic E-state index is 0.0417. The van der Waals surface area contributed by atoms with Gasteiger partial charge in [0.05, 0.1) is 5.69 Å². The molecule has 1 aromatic carbocycles. The largest absolute Gasteiger partial charge is 0.506 e. The van der Waals surface area contributed by atoms with Crippen LogP contribution in [0, 0.1) is 0 Å². The molecule has 1 heterocycles. The van der Waals surface area contributed by atoms with Gasteiger partial charge in [-0.05, 0) is 35.6 Å². The normalized spacial score (nSPS) is 10.0. The quantitative estimate of drug-likeness (QED) is 0.436. The van der Waals surface area contributed by atoms with Crippen molar-refractivity contribution < 1.29 is 5.11 Å². The molecule has 16 heavy (non-hydrogen) atoms. The van der Waals surface area contributed by atoms with Crippen LogP contribution < -0.4 is 11.1 Å². The molecule has 0 saturated heterocycles. The first kappa shape index (κ1) is 10.3. The summed E-state index contributed by atoms with van der Waals surface area (Å²) in [5.74, 6) is 0.464. The lowest BCUT2D eigenvalue weighted by molar-refractivity contribution is 0.478. The third kappa shape index (κ3) is 2.06. The van der Waals surface area contributed by atoms with Crippen LogP contribution in [0.25, 0.3) is 11.4 Å². The highest BCUT2D eigenvalue weighted by Crippen LogP contribution is 2.27. The van der Waals surface area contributed by atoms with Crippen LogP contribution in [0.4, 0.5) is 5.69 Å². The molecule has 0 amide bonds. The van der Waals surface area contributed by atoms with E-state index in [0.29, 0.717) is 17.1 Å². The second-order valence-corrected chi connectivity index (χ2v) is 3.40. The number of nitrogens with two attached hydrogens (primary N) is 1. The van der Waals surface area contributed by atoms with Crippen molar-refractivity contribution in [1.29, 1.82) is 0 Å². The third-order valence-electron chi connectivity index (χ3n) is 1.86. The Morgan fingerprint density at radius 2 is 2.31 bits per heavy atom. The summed E-state index contributed by atoms with van der Waals surface area (Å²) in [6.07, 6.45) is 0. The van der Waals surface area contributed by atoms with Gasteiger partial charge in [-0.25, -0.2) is 0 Å². The predicted octanol–water partition coefficient (Wildman–Crippen LogP) is 0.228. The lowest BCUT2D eigenvalue weighted by atomic mass is 10.2. The lowest BCUT2D eigenvalue weighted by Crippen LogP contribution is -2.18. The summed E-state index contributed by atoms with van der Waals surface area (Å²) in [6.45, 7) is 0. The Labute approximate surface area is 95.7 Å². The number of phenols is 1. The zero-order chi connectivity index (χ0) is 11.5. The van der Waals surface area contributed by atoms with Crippen molar-refractivity contribution in [2.75, 3.05) is 5.32 Å². The molecule has 8 heteroatoms. The summed E-state index contributed by atoms with van der Waals surface area (Å²) in [5.41, 5.74) is 6.40. The Morgan fingerprint density at radius 3 is 2.94 bits per heavy atom. The molecule has 5 N–H and O–H groups in total. The van der Waals surface area contributed by atoms with Crippen LogP contribution in [0.3, 0.4) is 0 Å². The van der Waals surface area contributed by atoms with E-state index in [2.05, 4.69) is 38.2 Å². The number of H-pyrrole nitrogens is 1. The summed E-state index contributed by atoms with van der Waals surface area (Å²) < 4.78 is 0. The molecule has 1 aromatic heterocycles. The summed E-state index contributed by atoms with van der Waals surface area (Å²) in [4.78, 5) is 0. The molecule has 2 rings (SSSR count). The van der Waals surface area contributed by atoms with Gasteiger partial charge in [0.25, 0.3) is 0 Å². The number of anilines is 1. The minimum Gasteiger partial charge on any atom is -0.506 e. The molecule has 82 valence electrons. The van der Waals surface area contributed by atoms with E-state index in [0.717, 1.165) is 0 Å². The molecule has 0 unspecified atom stereocenters. The topological polar surface area (TPSA) is 113 Å². The van der Waals surface area contributed by atoms with Gasteiger partial charge < -0.3 is 16.2 Å². The average Bonchev–Trinajstić information content (AvgIpc) is 2.73. The Kier molecular flexibility index (Phi) is 2.64. The van der Waals surface area contributed by atoms with Gasteiger partial charge >= 0.3 is 0 Å². The predicted molar refractivity (Wildman–Crippen MR) is 61.7 cm³/mol. The van der Waals surface area contributed by atoms with Gasteiger partial charge in [-0.1, -0.05) is 0 Å². The molecule has 0 aliphatic heterocycles. The zero-order valence-electron chi connectivity index (χ0n) is 8.01. The fraction of sp³-hybridized carbons (Fsp3) is 0. The van der Waals surface area contributed by atoms with E-state index in [-0.39, 0.29) is 10.9 Å². The van der Waals surface area contributed by atoms with E-state index >= 15 is 0 Å². The number of tetrazole rings is 1. The maximum atomic E-state index is 9.54. The Hall–Kier alpha value is -2.22. The molecule has 0 atom stereocenters. The van der Waals surface area contributed by atoms with Crippen LogP contribution in [0.5, 0.6) is 5.75 Å². The number of phenolic OH excluding ortho intramolecular Hbond substituents is 1. The number of thiocarbonyl (C=S) groups is 1. The number of nitrogens with one attached hydrogen (secondary N) is 2. The second kappa shape index (κ2) is 4.11. The van der Waals surface area contributed by atoms with Crippen LogP contribution in [-0.4, -0.2) is 30.8 Å². The highest BCUT2D eigenvalue weighted by molar-refractivity contribution is 7.80. The Balaban J connectivity index is 2.39. The van der Waals surface area contributed by atoms with Gasteiger partial charge in [-0.3, -0.25) is 0 Å². The van der Waals surface area contributed by atoms with Crippen LogP contribution in [0.15, 0.2) is 18.2 Å². The molecule has 0 fully saturated rings.